The van der Waals surface area contributed by atoms with Crippen molar-refractivity contribution in [1.82, 2.24) is 9.80 Å². The second kappa shape index (κ2) is 9.27. The molecular weight excluding hydrogens is 430 g/mol. The Morgan fingerprint density at radius 3 is 2.62 bits per heavy atom. The number of rotatable bonds is 4. The maximum Gasteiger partial charge on any atom is 0.365 e. The van der Waals surface area contributed by atoms with Crippen molar-refractivity contribution in [1.29, 1.82) is 5.41 Å². The lowest BCUT2D eigenvalue weighted by molar-refractivity contribution is -0.130. The Morgan fingerprint density at radius 1 is 1.06 bits per heavy atom. The van der Waals surface area contributed by atoms with Crippen LogP contribution in [0.2, 0.25) is 0 Å². The molecule has 2 N–H and O–H groups in total. The summed E-state index contributed by atoms with van der Waals surface area (Å²) < 4.78 is 10.8. The quantitative estimate of drug-likeness (QED) is 0.270. The number of carbonyl (C=O) groups is 1. The second-order valence-electron chi connectivity index (χ2n) is 8.08. The third kappa shape index (κ3) is 4.43. The Labute approximate surface area is 197 Å². The Bertz CT molecular complexity index is 1290. The number of cyclic esters (lactones) is 1. The summed E-state index contributed by atoms with van der Waals surface area (Å²) in [6.45, 7) is 2.68. The molecule has 0 amide bonds. The first-order valence-electron chi connectivity index (χ1n) is 11.1. The number of methoxy groups -OCH3 is 1. The third-order valence-electron chi connectivity index (χ3n) is 5.91. The van der Waals surface area contributed by atoms with Crippen LogP contribution < -0.4 is 10.1 Å². The highest BCUT2D eigenvalue weighted by Gasteiger charge is 2.27. The van der Waals surface area contributed by atoms with Crippen molar-refractivity contribution in [3.8, 4) is 5.75 Å². The fourth-order valence-electron chi connectivity index (χ4n) is 4.07. The molecule has 0 saturated carbocycles. The van der Waals surface area contributed by atoms with Crippen LogP contribution in [0, 0.1) is 5.41 Å². The van der Waals surface area contributed by atoms with Crippen molar-refractivity contribution in [3.63, 3.8) is 0 Å². The fraction of sp³-hybridized carbons (Fsp3) is 0.192. The van der Waals surface area contributed by atoms with Crippen LogP contribution >= 0.6 is 0 Å². The summed E-state index contributed by atoms with van der Waals surface area (Å²) in [7, 11) is 1.63. The Kier molecular flexibility index (Phi) is 5.86. The summed E-state index contributed by atoms with van der Waals surface area (Å²) in [5.74, 6) is 0.981. The standard InChI is InChI=1S/C26H25N5O3/c1-33-20-10-11-21-18(16-20)6-5-9-22(21)24-29-23(25(32)34-24)17-30-12-14-31(15-13-30)26(27)28-19-7-3-2-4-8-19/h2-11,16-17H,12-15H2,1H3,(H2,27,28)/b23-17+. The minimum Gasteiger partial charge on any atom is -0.497 e. The van der Waals surface area contributed by atoms with Gasteiger partial charge in [0.25, 0.3) is 0 Å². The first-order chi connectivity index (χ1) is 16.6. The number of carbonyl (C=O) groups excluding carboxylic acids is 1. The predicted molar refractivity (Wildman–Crippen MR) is 132 cm³/mol. The number of benzene rings is 3. The number of hydrogen-bond donors (Lipinski definition) is 2. The van der Waals surface area contributed by atoms with E-state index in [-0.39, 0.29) is 5.70 Å². The fourth-order valence-corrected chi connectivity index (χ4v) is 4.07. The molecule has 1 saturated heterocycles. The van der Waals surface area contributed by atoms with Crippen LogP contribution in [0.4, 0.5) is 5.69 Å². The van der Waals surface area contributed by atoms with Gasteiger partial charge in [0.1, 0.15) is 5.75 Å². The molecule has 3 aromatic rings. The van der Waals surface area contributed by atoms with Gasteiger partial charge in [-0.15, -0.1) is 0 Å². The van der Waals surface area contributed by atoms with Crippen LogP contribution in [0.25, 0.3) is 10.8 Å². The highest BCUT2D eigenvalue weighted by Crippen LogP contribution is 2.27. The summed E-state index contributed by atoms with van der Waals surface area (Å²) in [5, 5.41) is 13.4. The molecule has 2 aliphatic heterocycles. The number of piperazine rings is 1. The molecular formula is C26H25N5O3. The molecule has 2 heterocycles. The zero-order valence-corrected chi connectivity index (χ0v) is 18.8. The topological polar surface area (TPSA) is 90.3 Å². The number of nitrogens with one attached hydrogen (secondary N) is 2. The molecule has 8 nitrogen and oxygen atoms in total. The smallest absolute Gasteiger partial charge is 0.365 e. The van der Waals surface area contributed by atoms with Gasteiger partial charge in [-0.05, 0) is 47.2 Å². The van der Waals surface area contributed by atoms with Crippen LogP contribution in [-0.2, 0) is 9.53 Å². The molecule has 1 fully saturated rings. The maximum absolute atomic E-state index is 12.5. The van der Waals surface area contributed by atoms with Crippen molar-refractivity contribution >= 4 is 34.3 Å². The minimum atomic E-state index is -0.457. The second-order valence-corrected chi connectivity index (χ2v) is 8.08. The average molecular weight is 456 g/mol. The van der Waals surface area contributed by atoms with Crippen LogP contribution in [0.1, 0.15) is 5.56 Å². The predicted octanol–water partition coefficient (Wildman–Crippen LogP) is 3.66. The lowest BCUT2D eigenvalue weighted by Gasteiger charge is -2.35. The van der Waals surface area contributed by atoms with Gasteiger partial charge in [-0.3, -0.25) is 5.41 Å². The van der Waals surface area contributed by atoms with Crippen molar-refractivity contribution in [2.75, 3.05) is 38.6 Å². The van der Waals surface area contributed by atoms with Crippen molar-refractivity contribution in [2.24, 2.45) is 4.99 Å². The Morgan fingerprint density at radius 2 is 1.85 bits per heavy atom. The van der Waals surface area contributed by atoms with E-state index in [0.29, 0.717) is 38.0 Å². The summed E-state index contributed by atoms with van der Waals surface area (Å²) in [5.41, 5.74) is 1.94. The number of fused-ring (bicyclic) bond motifs is 1. The number of guanidine groups is 1. The highest BCUT2D eigenvalue weighted by molar-refractivity contribution is 6.16. The summed E-state index contributed by atoms with van der Waals surface area (Å²) >= 11 is 0. The van der Waals surface area contributed by atoms with E-state index < -0.39 is 5.97 Å². The number of esters is 1. The monoisotopic (exact) mass is 455 g/mol. The van der Waals surface area contributed by atoms with E-state index in [4.69, 9.17) is 14.9 Å². The molecule has 3 aromatic carbocycles. The van der Waals surface area contributed by atoms with E-state index in [1.807, 2.05) is 76.5 Å². The van der Waals surface area contributed by atoms with E-state index in [2.05, 4.69) is 10.3 Å². The molecule has 0 atom stereocenters. The lowest BCUT2D eigenvalue weighted by atomic mass is 10.0. The largest absolute Gasteiger partial charge is 0.497 e. The van der Waals surface area contributed by atoms with Gasteiger partial charge in [-0.25, -0.2) is 9.79 Å². The number of ether oxygens (including phenoxy) is 2. The molecule has 2 aliphatic rings. The Balaban J connectivity index is 1.27. The summed E-state index contributed by atoms with van der Waals surface area (Å²) in [4.78, 5) is 21.1. The van der Waals surface area contributed by atoms with Crippen molar-refractivity contribution < 1.29 is 14.3 Å². The first-order valence-corrected chi connectivity index (χ1v) is 11.1. The zero-order valence-electron chi connectivity index (χ0n) is 18.8. The molecule has 0 aromatic heterocycles. The first kappa shape index (κ1) is 21.5. The number of anilines is 1. The van der Waals surface area contributed by atoms with Gasteiger partial charge in [0.15, 0.2) is 11.7 Å². The van der Waals surface area contributed by atoms with E-state index in [1.165, 1.54) is 0 Å². The normalized spacial score (nSPS) is 17.0. The summed E-state index contributed by atoms with van der Waals surface area (Å²) in [6.07, 6.45) is 1.76. The maximum atomic E-state index is 12.5. The number of nitrogens with zero attached hydrogens (tertiary/aromatic N) is 3. The highest BCUT2D eigenvalue weighted by atomic mass is 16.6. The molecule has 0 radical (unpaired) electrons. The molecule has 0 bridgehead atoms. The molecule has 172 valence electrons. The van der Waals surface area contributed by atoms with Gasteiger partial charge in [0.2, 0.25) is 5.90 Å². The molecule has 34 heavy (non-hydrogen) atoms. The van der Waals surface area contributed by atoms with Gasteiger partial charge in [-0.2, -0.15) is 0 Å². The van der Waals surface area contributed by atoms with Crippen molar-refractivity contribution in [3.05, 3.63) is 84.2 Å². The molecule has 5 rings (SSSR count). The minimum absolute atomic E-state index is 0.284. The van der Waals surface area contributed by atoms with Gasteiger partial charge >= 0.3 is 5.97 Å². The van der Waals surface area contributed by atoms with Crippen molar-refractivity contribution in [2.45, 2.75) is 0 Å². The number of para-hydroxylation sites is 1. The Hall–Kier alpha value is -4.33. The molecule has 8 heteroatoms. The SMILES string of the molecule is COc1ccc2c(C3=N/C(=C/N4CCN(C(=N)Nc5ccccc5)CC4)C(=O)O3)cccc2c1. The lowest BCUT2D eigenvalue weighted by Crippen LogP contribution is -2.48. The third-order valence-corrected chi connectivity index (χ3v) is 5.91. The number of aliphatic imine (C=N–C) groups is 1. The summed E-state index contributed by atoms with van der Waals surface area (Å²) in [6, 6.07) is 21.2. The van der Waals surface area contributed by atoms with Gasteiger partial charge in [0, 0.05) is 43.6 Å². The molecule has 0 unspecified atom stereocenters. The van der Waals surface area contributed by atoms with E-state index in [1.54, 1.807) is 13.3 Å². The average Bonchev–Trinajstić information content (AvgIpc) is 3.24. The molecule has 0 spiro atoms. The van der Waals surface area contributed by atoms with Crippen LogP contribution in [0.3, 0.4) is 0 Å². The van der Waals surface area contributed by atoms with Crippen LogP contribution in [0.5, 0.6) is 5.75 Å². The van der Waals surface area contributed by atoms with E-state index in [9.17, 15) is 4.79 Å². The number of hydrogen-bond acceptors (Lipinski definition) is 6. The molecule has 0 aliphatic carbocycles. The zero-order chi connectivity index (χ0) is 23.5. The van der Waals surface area contributed by atoms with Gasteiger partial charge in [0.05, 0.1) is 7.11 Å². The van der Waals surface area contributed by atoms with Crippen LogP contribution in [0.15, 0.2) is 83.6 Å². The van der Waals surface area contributed by atoms with Crippen LogP contribution in [-0.4, -0.2) is 60.9 Å². The van der Waals surface area contributed by atoms with Gasteiger partial charge < -0.3 is 24.6 Å². The van der Waals surface area contributed by atoms with E-state index in [0.717, 1.165) is 27.8 Å². The van der Waals surface area contributed by atoms with E-state index >= 15 is 0 Å². The van der Waals surface area contributed by atoms with Gasteiger partial charge in [-0.1, -0.05) is 30.3 Å².